The molecule has 0 radical (unpaired) electrons. The zero-order valence-electron chi connectivity index (χ0n) is 25.9. The number of aryl methyl sites for hydroxylation is 2. The second-order valence-corrected chi connectivity index (χ2v) is 12.0. The molecule has 0 saturated carbocycles. The van der Waals surface area contributed by atoms with Gasteiger partial charge in [0.25, 0.3) is 0 Å². The molecular formula is C44H33NO. The Labute approximate surface area is 269 Å². The van der Waals surface area contributed by atoms with Gasteiger partial charge in [0.2, 0.25) is 0 Å². The van der Waals surface area contributed by atoms with E-state index in [1.54, 1.807) is 0 Å². The van der Waals surface area contributed by atoms with E-state index in [0.29, 0.717) is 0 Å². The Morgan fingerprint density at radius 2 is 0.935 bits per heavy atom. The fourth-order valence-electron chi connectivity index (χ4n) is 6.42. The minimum atomic E-state index is 0.916. The zero-order valence-corrected chi connectivity index (χ0v) is 25.9. The Kier molecular flexibility index (Phi) is 6.96. The van der Waals surface area contributed by atoms with Crippen molar-refractivity contribution >= 4 is 39.0 Å². The molecule has 46 heavy (non-hydrogen) atoms. The van der Waals surface area contributed by atoms with Crippen molar-refractivity contribution in [3.8, 4) is 33.4 Å². The molecular weight excluding hydrogens is 558 g/mol. The molecule has 1 heterocycles. The van der Waals surface area contributed by atoms with Crippen LogP contribution in [0.4, 0.5) is 17.1 Å². The van der Waals surface area contributed by atoms with Gasteiger partial charge in [-0.25, -0.2) is 0 Å². The van der Waals surface area contributed by atoms with Crippen molar-refractivity contribution in [2.24, 2.45) is 0 Å². The van der Waals surface area contributed by atoms with Gasteiger partial charge in [-0.05, 0) is 84.1 Å². The molecule has 0 unspecified atom stereocenters. The van der Waals surface area contributed by atoms with Crippen molar-refractivity contribution in [2.75, 3.05) is 4.90 Å². The normalized spacial score (nSPS) is 11.3. The van der Waals surface area contributed by atoms with Gasteiger partial charge in [0.1, 0.15) is 11.2 Å². The van der Waals surface area contributed by atoms with E-state index >= 15 is 0 Å². The van der Waals surface area contributed by atoms with Gasteiger partial charge in [-0.15, -0.1) is 0 Å². The van der Waals surface area contributed by atoms with Crippen molar-refractivity contribution in [1.29, 1.82) is 0 Å². The highest BCUT2D eigenvalue weighted by Crippen LogP contribution is 2.42. The first-order chi connectivity index (χ1) is 22.6. The van der Waals surface area contributed by atoms with Gasteiger partial charge in [0.05, 0.1) is 0 Å². The summed E-state index contributed by atoms with van der Waals surface area (Å²) in [5, 5.41) is 2.29. The van der Waals surface area contributed by atoms with E-state index in [4.69, 9.17) is 4.42 Å². The summed E-state index contributed by atoms with van der Waals surface area (Å²) in [4.78, 5) is 2.34. The summed E-state index contributed by atoms with van der Waals surface area (Å²) in [6.07, 6.45) is 0. The molecule has 0 bridgehead atoms. The third kappa shape index (κ3) is 5.04. The van der Waals surface area contributed by atoms with Gasteiger partial charge in [0, 0.05) is 33.4 Å². The molecule has 7 aromatic carbocycles. The highest BCUT2D eigenvalue weighted by molar-refractivity contribution is 6.09. The number of nitrogens with zero attached hydrogens (tertiary/aromatic N) is 1. The number of rotatable bonds is 6. The molecule has 0 aliphatic carbocycles. The fraction of sp³-hybridized carbons (Fsp3) is 0.0455. The third-order valence-electron chi connectivity index (χ3n) is 8.84. The first kappa shape index (κ1) is 27.7. The summed E-state index contributed by atoms with van der Waals surface area (Å²) in [7, 11) is 0. The Bertz CT molecular complexity index is 2250. The van der Waals surface area contributed by atoms with Crippen molar-refractivity contribution in [3.63, 3.8) is 0 Å². The van der Waals surface area contributed by atoms with Crippen LogP contribution >= 0.6 is 0 Å². The molecule has 0 aliphatic heterocycles. The van der Waals surface area contributed by atoms with E-state index < -0.39 is 0 Å². The van der Waals surface area contributed by atoms with E-state index in [1.807, 2.05) is 12.1 Å². The van der Waals surface area contributed by atoms with Crippen LogP contribution in [0.1, 0.15) is 11.1 Å². The zero-order chi connectivity index (χ0) is 31.0. The molecule has 220 valence electrons. The monoisotopic (exact) mass is 591 g/mol. The largest absolute Gasteiger partial charge is 0.455 e. The summed E-state index contributed by atoms with van der Waals surface area (Å²) in [5.74, 6) is 0. The molecule has 8 rings (SSSR count). The van der Waals surface area contributed by atoms with E-state index in [-0.39, 0.29) is 0 Å². The van der Waals surface area contributed by atoms with Gasteiger partial charge in [-0.2, -0.15) is 0 Å². The minimum Gasteiger partial charge on any atom is -0.455 e. The SMILES string of the molecule is Cc1ccc(N(c2ccc(C)cc2)c2ccc(-c3ccc(-c4cccc5c4oc4ccccc45)cc3)c(-c3ccccc3)c2)cc1. The summed E-state index contributed by atoms with van der Waals surface area (Å²) in [6.45, 7) is 4.26. The number of anilines is 3. The van der Waals surface area contributed by atoms with Crippen molar-refractivity contribution in [2.45, 2.75) is 13.8 Å². The van der Waals surface area contributed by atoms with Crippen LogP contribution < -0.4 is 4.90 Å². The topological polar surface area (TPSA) is 16.4 Å². The van der Waals surface area contributed by atoms with Crippen molar-refractivity contribution < 1.29 is 4.42 Å². The molecule has 0 N–H and O–H groups in total. The fourth-order valence-corrected chi connectivity index (χ4v) is 6.42. The maximum Gasteiger partial charge on any atom is 0.143 e. The Morgan fingerprint density at radius 1 is 0.391 bits per heavy atom. The summed E-state index contributed by atoms with van der Waals surface area (Å²) in [6, 6.07) is 58.6. The van der Waals surface area contributed by atoms with Crippen LogP contribution in [-0.2, 0) is 0 Å². The molecule has 1 aromatic heterocycles. The van der Waals surface area contributed by atoms with Gasteiger partial charge in [-0.3, -0.25) is 0 Å². The molecule has 0 fully saturated rings. The summed E-state index contributed by atoms with van der Waals surface area (Å²) < 4.78 is 6.35. The molecule has 0 atom stereocenters. The Hall–Kier alpha value is -5.86. The molecule has 0 amide bonds. The molecule has 0 spiro atoms. The maximum atomic E-state index is 6.35. The van der Waals surface area contributed by atoms with E-state index in [1.165, 1.54) is 33.4 Å². The second-order valence-electron chi connectivity index (χ2n) is 12.0. The second kappa shape index (κ2) is 11.6. The summed E-state index contributed by atoms with van der Waals surface area (Å²) in [5.41, 5.74) is 14.7. The van der Waals surface area contributed by atoms with Crippen LogP contribution in [0.5, 0.6) is 0 Å². The summed E-state index contributed by atoms with van der Waals surface area (Å²) >= 11 is 0. The number of hydrogen-bond donors (Lipinski definition) is 0. The van der Waals surface area contributed by atoms with E-state index in [2.05, 4.69) is 170 Å². The van der Waals surface area contributed by atoms with E-state index in [9.17, 15) is 0 Å². The van der Waals surface area contributed by atoms with Crippen molar-refractivity contribution in [1.82, 2.24) is 0 Å². The van der Waals surface area contributed by atoms with Gasteiger partial charge in [-0.1, -0.05) is 132 Å². The quantitative estimate of drug-likeness (QED) is 0.191. The predicted molar refractivity (Wildman–Crippen MR) is 194 cm³/mol. The Morgan fingerprint density at radius 3 is 1.61 bits per heavy atom. The number of hydrogen-bond acceptors (Lipinski definition) is 2. The standard InChI is InChI=1S/C44H33NO/c1-30-15-23-35(24-16-30)45(36-25-17-31(2)18-26-36)37-27-28-38(42(29-37)32-9-4-3-5-10-32)33-19-21-34(22-20-33)39-12-8-13-41-40-11-6-7-14-43(40)46-44(39)41/h3-29H,1-2H3. The first-order valence-corrected chi connectivity index (χ1v) is 15.8. The molecule has 0 aliphatic rings. The van der Waals surface area contributed by atoms with Crippen LogP contribution in [0.2, 0.25) is 0 Å². The lowest BCUT2D eigenvalue weighted by Gasteiger charge is -2.27. The first-order valence-electron chi connectivity index (χ1n) is 15.8. The van der Waals surface area contributed by atoms with Crippen molar-refractivity contribution in [3.05, 3.63) is 175 Å². The average Bonchev–Trinajstić information content (AvgIpc) is 3.50. The minimum absolute atomic E-state index is 0.916. The highest BCUT2D eigenvalue weighted by Gasteiger charge is 2.17. The van der Waals surface area contributed by atoms with Crippen LogP contribution in [0.15, 0.2) is 168 Å². The van der Waals surface area contributed by atoms with Gasteiger partial charge < -0.3 is 9.32 Å². The average molecular weight is 592 g/mol. The number of benzene rings is 7. The molecule has 2 heteroatoms. The lowest BCUT2D eigenvalue weighted by Crippen LogP contribution is -2.10. The molecule has 8 aromatic rings. The Balaban J connectivity index is 1.24. The number of fused-ring (bicyclic) bond motifs is 3. The van der Waals surface area contributed by atoms with Crippen LogP contribution in [0.3, 0.4) is 0 Å². The molecule has 2 nitrogen and oxygen atoms in total. The van der Waals surface area contributed by atoms with Crippen LogP contribution in [0.25, 0.3) is 55.3 Å². The lowest BCUT2D eigenvalue weighted by atomic mass is 9.92. The third-order valence-corrected chi connectivity index (χ3v) is 8.84. The highest BCUT2D eigenvalue weighted by atomic mass is 16.3. The number of para-hydroxylation sites is 2. The lowest BCUT2D eigenvalue weighted by molar-refractivity contribution is 0.670. The predicted octanol–water partition coefficient (Wildman–Crippen LogP) is 12.7. The smallest absolute Gasteiger partial charge is 0.143 e. The van der Waals surface area contributed by atoms with Gasteiger partial charge >= 0.3 is 0 Å². The van der Waals surface area contributed by atoms with E-state index in [0.717, 1.165) is 50.1 Å². The number of furan rings is 1. The molecule has 0 saturated heterocycles. The van der Waals surface area contributed by atoms with Crippen LogP contribution in [0, 0.1) is 13.8 Å². The van der Waals surface area contributed by atoms with Gasteiger partial charge in [0.15, 0.2) is 0 Å². The van der Waals surface area contributed by atoms with Crippen LogP contribution in [-0.4, -0.2) is 0 Å². The maximum absolute atomic E-state index is 6.35.